The lowest BCUT2D eigenvalue weighted by Gasteiger charge is -2.21. The first-order valence-corrected chi connectivity index (χ1v) is 29.6. The molecule has 0 aliphatic heterocycles. The number of hydrogen-bond acceptors (Lipinski definition) is 0. The standard InChI is InChI=1S/C13H12.C13H20.C11H16.2C10H14.C9H12.C8H10.C7H8/c1-11-7-5-6-10-13(11)12-8-3-2-4-9-12;1-9(2)12-7-6-8-13(10(3)4)11(12)5;1-9-7-5-6-8-10(9)11(2,3)4;1-7-5-8(2)10(4)9(3)6-7;1-8(2)10-7-5-4-6-9(10)3;1-7-5-4-6-8(2)9(7)3;1-7-5-3-4-6-8(7)2;1-7-5-3-2-4-6-7/h2-10H,1H3;6-10H,1-5H3;5-8H,1-4H3;5-6H,1-4H3;4-8H,1-3H3;4-6H,1-3H3;3-6H,1-2H3;2-6H,1H3. The Morgan fingerprint density at radius 3 is 0.926 bits per heavy atom. The van der Waals surface area contributed by atoms with Gasteiger partial charge in [-0.2, -0.15) is 0 Å². The fourth-order valence-corrected chi connectivity index (χ4v) is 9.43. The van der Waals surface area contributed by atoms with Crippen molar-refractivity contribution in [2.24, 2.45) is 0 Å². The Morgan fingerprint density at radius 2 is 0.580 bits per heavy atom. The first-order chi connectivity index (χ1) is 38.2. The van der Waals surface area contributed by atoms with Crippen LogP contribution in [0.1, 0.15) is 180 Å². The quantitative estimate of drug-likeness (QED) is 0.165. The van der Waals surface area contributed by atoms with E-state index >= 15 is 0 Å². The third-order valence-corrected chi connectivity index (χ3v) is 15.0. The largest absolute Gasteiger partial charge is 0.0622 e. The summed E-state index contributed by atoms with van der Waals surface area (Å²) in [6.07, 6.45) is 0. The number of aryl methyl sites for hydroxylation is 11. The molecule has 0 aliphatic rings. The van der Waals surface area contributed by atoms with Crippen molar-refractivity contribution < 1.29 is 0 Å². The van der Waals surface area contributed by atoms with Crippen LogP contribution in [0.2, 0.25) is 0 Å². The minimum Gasteiger partial charge on any atom is -0.0622 e. The summed E-state index contributed by atoms with van der Waals surface area (Å²) in [6.45, 7) is 50.3. The monoisotopic (exact) mass is 1080 g/mol. The summed E-state index contributed by atoms with van der Waals surface area (Å²) in [7, 11) is 0. The van der Waals surface area contributed by atoms with E-state index in [4.69, 9.17) is 0 Å². The Hall–Kier alpha value is -7.02. The van der Waals surface area contributed by atoms with Gasteiger partial charge in [0.2, 0.25) is 0 Å². The highest BCUT2D eigenvalue weighted by Crippen LogP contribution is 2.27. The van der Waals surface area contributed by atoms with Gasteiger partial charge in [-0.25, -0.2) is 0 Å². The van der Waals surface area contributed by atoms with Crippen LogP contribution in [0.4, 0.5) is 0 Å². The smallest absolute Gasteiger partial charge is 0.0129 e. The van der Waals surface area contributed by atoms with E-state index in [2.05, 4.69) is 341 Å². The summed E-state index contributed by atoms with van der Waals surface area (Å²) in [6, 6.07) is 72.1. The molecule has 0 amide bonds. The Morgan fingerprint density at radius 1 is 0.247 bits per heavy atom. The minimum atomic E-state index is 0.283. The number of benzene rings is 9. The highest BCUT2D eigenvalue weighted by atomic mass is 14.2. The van der Waals surface area contributed by atoms with Gasteiger partial charge >= 0.3 is 0 Å². The molecule has 0 saturated heterocycles. The van der Waals surface area contributed by atoms with Crippen molar-refractivity contribution in [2.75, 3.05) is 0 Å². The molecule has 0 N–H and O–H groups in total. The maximum absolute atomic E-state index is 2.26. The molecule has 0 spiro atoms. The summed E-state index contributed by atoms with van der Waals surface area (Å²) >= 11 is 0. The van der Waals surface area contributed by atoms with Crippen LogP contribution < -0.4 is 0 Å². The molecule has 0 aromatic heterocycles. The van der Waals surface area contributed by atoms with Crippen LogP contribution in [0.15, 0.2) is 206 Å². The Balaban J connectivity index is 0.000000318. The maximum atomic E-state index is 2.26. The molecule has 0 aliphatic carbocycles. The van der Waals surface area contributed by atoms with E-state index in [1.165, 1.54) is 111 Å². The van der Waals surface area contributed by atoms with Crippen molar-refractivity contribution in [1.82, 2.24) is 0 Å². The molecule has 9 rings (SSSR count). The summed E-state index contributed by atoms with van der Waals surface area (Å²) in [5.41, 5.74) is 28.2. The fourth-order valence-electron chi connectivity index (χ4n) is 9.43. The molecular formula is C81H106. The Bertz CT molecular complexity index is 3080. The minimum absolute atomic E-state index is 0.283. The van der Waals surface area contributed by atoms with E-state index < -0.39 is 0 Å². The van der Waals surface area contributed by atoms with E-state index in [1.807, 2.05) is 24.3 Å². The van der Waals surface area contributed by atoms with Crippen LogP contribution >= 0.6 is 0 Å². The molecule has 0 radical (unpaired) electrons. The molecule has 81 heavy (non-hydrogen) atoms. The molecular weight excluding hydrogens is 973 g/mol. The number of hydrogen-bond donors (Lipinski definition) is 0. The molecule has 0 saturated carbocycles. The second-order valence-electron chi connectivity index (χ2n) is 23.9. The predicted octanol–water partition coefficient (Wildman–Crippen LogP) is 24.1. The SMILES string of the molecule is Cc1c(C(C)C)cccc1C(C)C.Cc1cc(C)c(C)c(C)c1.Cc1cccc(C)c1C.Cc1ccccc1.Cc1ccccc1-c1ccccc1.Cc1ccccc1C.Cc1ccccc1C(C)(C)C.Cc1ccccc1C(C)C. The van der Waals surface area contributed by atoms with Crippen LogP contribution in [-0.4, -0.2) is 0 Å². The second kappa shape index (κ2) is 36.4. The molecule has 0 atom stereocenters. The number of rotatable bonds is 4. The lowest BCUT2D eigenvalue weighted by atomic mass is 9.84. The van der Waals surface area contributed by atoms with Crippen molar-refractivity contribution in [3.8, 4) is 11.1 Å². The summed E-state index contributed by atoms with van der Waals surface area (Å²) in [5, 5.41) is 0. The first kappa shape index (κ1) is 70.1. The van der Waals surface area contributed by atoms with Gasteiger partial charge < -0.3 is 0 Å². The summed E-state index contributed by atoms with van der Waals surface area (Å²) in [4.78, 5) is 0. The van der Waals surface area contributed by atoms with Gasteiger partial charge in [0.25, 0.3) is 0 Å². The maximum Gasteiger partial charge on any atom is -0.0129 e. The van der Waals surface area contributed by atoms with Crippen molar-refractivity contribution >= 4 is 0 Å². The zero-order valence-corrected chi connectivity index (χ0v) is 54.9. The third-order valence-electron chi connectivity index (χ3n) is 15.0. The molecule has 0 nitrogen and oxygen atoms in total. The van der Waals surface area contributed by atoms with Crippen molar-refractivity contribution in [1.29, 1.82) is 0 Å². The van der Waals surface area contributed by atoms with Crippen molar-refractivity contribution in [2.45, 2.75) is 182 Å². The zero-order chi connectivity index (χ0) is 60.8. The van der Waals surface area contributed by atoms with Crippen molar-refractivity contribution in [3.05, 3.63) is 306 Å². The molecule has 0 unspecified atom stereocenters. The van der Waals surface area contributed by atoms with E-state index in [-0.39, 0.29) is 5.41 Å². The average molecular weight is 1080 g/mol. The van der Waals surface area contributed by atoms with Gasteiger partial charge in [0, 0.05) is 0 Å². The predicted molar refractivity (Wildman–Crippen MR) is 364 cm³/mol. The lowest BCUT2D eigenvalue weighted by molar-refractivity contribution is 0.586. The summed E-state index contributed by atoms with van der Waals surface area (Å²) in [5.74, 6) is 1.93. The Labute approximate surface area is 497 Å². The molecule has 9 aromatic rings. The van der Waals surface area contributed by atoms with Gasteiger partial charge in [0.05, 0.1) is 0 Å². The molecule has 9 aromatic carbocycles. The lowest BCUT2D eigenvalue weighted by Crippen LogP contribution is -2.12. The van der Waals surface area contributed by atoms with Gasteiger partial charge in [0.15, 0.2) is 0 Å². The fraction of sp³-hybridized carbons (Fsp3) is 0.333. The van der Waals surface area contributed by atoms with Gasteiger partial charge in [-0.15, -0.1) is 0 Å². The zero-order valence-electron chi connectivity index (χ0n) is 54.9. The highest BCUT2D eigenvalue weighted by molar-refractivity contribution is 5.66. The van der Waals surface area contributed by atoms with Crippen LogP contribution in [0.3, 0.4) is 0 Å². The van der Waals surface area contributed by atoms with Gasteiger partial charge in [0.1, 0.15) is 0 Å². The van der Waals surface area contributed by atoms with Crippen LogP contribution in [0.5, 0.6) is 0 Å². The van der Waals surface area contributed by atoms with Crippen molar-refractivity contribution in [3.63, 3.8) is 0 Å². The molecule has 430 valence electrons. The highest BCUT2D eigenvalue weighted by Gasteiger charge is 2.14. The van der Waals surface area contributed by atoms with E-state index in [0.717, 1.165) is 0 Å². The Kier molecular flexibility index (Phi) is 31.5. The molecule has 0 bridgehead atoms. The van der Waals surface area contributed by atoms with Crippen LogP contribution in [0.25, 0.3) is 11.1 Å². The van der Waals surface area contributed by atoms with Gasteiger partial charge in [-0.3, -0.25) is 0 Å². The molecule has 0 fully saturated rings. The van der Waals surface area contributed by atoms with Crippen LogP contribution in [0, 0.1) is 96.9 Å². The van der Waals surface area contributed by atoms with E-state index in [0.29, 0.717) is 17.8 Å². The van der Waals surface area contributed by atoms with Gasteiger partial charge in [-0.1, -0.05) is 280 Å². The normalized spacial score (nSPS) is 10.2. The van der Waals surface area contributed by atoms with Crippen LogP contribution in [-0.2, 0) is 5.41 Å². The second-order valence-corrected chi connectivity index (χ2v) is 23.9. The third kappa shape index (κ3) is 26.0. The first-order valence-electron chi connectivity index (χ1n) is 29.6. The average Bonchev–Trinajstić information content (AvgIpc) is 3.44. The molecule has 0 heteroatoms. The van der Waals surface area contributed by atoms with E-state index in [1.54, 1.807) is 0 Å². The summed E-state index contributed by atoms with van der Waals surface area (Å²) < 4.78 is 0. The van der Waals surface area contributed by atoms with E-state index in [9.17, 15) is 0 Å². The van der Waals surface area contributed by atoms with Gasteiger partial charge in [-0.05, 0) is 220 Å². The molecule has 0 heterocycles. The topological polar surface area (TPSA) is 0 Å².